The molecule has 0 radical (unpaired) electrons. The largest absolute Gasteiger partial charge is 0.357 e. The third-order valence-corrected chi connectivity index (χ3v) is 5.04. The van der Waals surface area contributed by atoms with E-state index in [1.807, 2.05) is 42.9 Å². The molecule has 7 nitrogen and oxygen atoms in total. The zero-order chi connectivity index (χ0) is 19.7. The van der Waals surface area contributed by atoms with E-state index in [1.165, 1.54) is 11.8 Å². The Hall–Kier alpha value is -2.35. The minimum absolute atomic E-state index is 0.0110. The summed E-state index contributed by atoms with van der Waals surface area (Å²) in [6.07, 6.45) is 5.51. The Morgan fingerprint density at radius 2 is 2.00 bits per heavy atom. The molecule has 2 rings (SSSR count). The molecule has 1 aromatic heterocycles. The Morgan fingerprint density at radius 1 is 1.26 bits per heavy atom. The maximum atomic E-state index is 11.3. The Labute approximate surface area is 161 Å². The van der Waals surface area contributed by atoms with Gasteiger partial charge in [-0.2, -0.15) is 5.10 Å². The van der Waals surface area contributed by atoms with Gasteiger partial charge in [0, 0.05) is 31.2 Å². The van der Waals surface area contributed by atoms with E-state index in [1.54, 1.807) is 6.20 Å². The summed E-state index contributed by atoms with van der Waals surface area (Å²) in [5.41, 5.74) is 2.31. The van der Waals surface area contributed by atoms with E-state index < -0.39 is 9.84 Å². The molecule has 0 aliphatic rings. The SMILES string of the molecule is CCNC(=NCc1ccccc1Cn1cccn1)NC(C)CCS(C)(=O)=O. The summed E-state index contributed by atoms with van der Waals surface area (Å²) in [4.78, 5) is 4.67. The maximum Gasteiger partial charge on any atom is 0.191 e. The molecule has 2 N–H and O–H groups in total. The molecule has 1 atom stereocenters. The number of nitrogens with zero attached hydrogens (tertiary/aromatic N) is 3. The molecule has 0 bridgehead atoms. The Morgan fingerprint density at radius 3 is 2.63 bits per heavy atom. The van der Waals surface area contributed by atoms with Gasteiger partial charge in [-0.25, -0.2) is 13.4 Å². The average molecular weight is 392 g/mol. The van der Waals surface area contributed by atoms with Crippen molar-refractivity contribution in [2.24, 2.45) is 4.99 Å². The first-order chi connectivity index (χ1) is 12.9. The van der Waals surface area contributed by atoms with Crippen molar-refractivity contribution in [3.8, 4) is 0 Å². The van der Waals surface area contributed by atoms with Crippen molar-refractivity contribution in [3.05, 3.63) is 53.9 Å². The molecule has 27 heavy (non-hydrogen) atoms. The van der Waals surface area contributed by atoms with Crippen LogP contribution in [0.3, 0.4) is 0 Å². The number of hydrogen-bond acceptors (Lipinski definition) is 4. The van der Waals surface area contributed by atoms with Gasteiger partial charge in [-0.3, -0.25) is 4.68 Å². The van der Waals surface area contributed by atoms with E-state index >= 15 is 0 Å². The van der Waals surface area contributed by atoms with Crippen LogP contribution in [0.15, 0.2) is 47.7 Å². The number of hydrogen-bond donors (Lipinski definition) is 2. The molecule has 2 aromatic rings. The van der Waals surface area contributed by atoms with Crippen LogP contribution in [0.1, 0.15) is 31.4 Å². The van der Waals surface area contributed by atoms with E-state index in [2.05, 4.69) is 32.9 Å². The van der Waals surface area contributed by atoms with Crippen molar-refractivity contribution in [3.63, 3.8) is 0 Å². The number of sulfone groups is 1. The quantitative estimate of drug-likeness (QED) is 0.503. The number of benzene rings is 1. The molecule has 0 amide bonds. The van der Waals surface area contributed by atoms with E-state index in [9.17, 15) is 8.42 Å². The smallest absolute Gasteiger partial charge is 0.191 e. The third-order valence-electron chi connectivity index (χ3n) is 4.07. The summed E-state index contributed by atoms with van der Waals surface area (Å²) in [6.45, 7) is 5.94. The lowest BCUT2D eigenvalue weighted by Gasteiger charge is -2.18. The second-order valence-corrected chi connectivity index (χ2v) is 8.89. The fourth-order valence-electron chi connectivity index (χ4n) is 2.62. The molecule has 0 fully saturated rings. The molecule has 1 unspecified atom stereocenters. The number of aliphatic imine (C=N–C) groups is 1. The standard InChI is InChI=1S/C19H29N5O2S/c1-4-20-19(23-16(2)10-13-27(3,25)26)21-14-17-8-5-6-9-18(17)15-24-12-7-11-22-24/h5-9,11-12,16H,4,10,13-15H2,1-3H3,(H2,20,21,23). The summed E-state index contributed by atoms with van der Waals surface area (Å²) in [5.74, 6) is 0.847. The van der Waals surface area contributed by atoms with Crippen molar-refractivity contribution in [1.82, 2.24) is 20.4 Å². The molecule has 1 heterocycles. The Kier molecular flexibility index (Phi) is 7.84. The van der Waals surface area contributed by atoms with Crippen LogP contribution in [-0.2, 0) is 22.9 Å². The van der Waals surface area contributed by atoms with Gasteiger partial charge in [-0.1, -0.05) is 24.3 Å². The van der Waals surface area contributed by atoms with Crippen LogP contribution < -0.4 is 10.6 Å². The first kappa shape index (κ1) is 21.0. The van der Waals surface area contributed by atoms with Gasteiger partial charge in [-0.15, -0.1) is 0 Å². The molecule has 0 saturated carbocycles. The predicted molar refractivity (Wildman–Crippen MR) is 110 cm³/mol. The average Bonchev–Trinajstić information content (AvgIpc) is 3.12. The van der Waals surface area contributed by atoms with Crippen molar-refractivity contribution in [1.29, 1.82) is 0 Å². The van der Waals surface area contributed by atoms with Crippen LogP contribution in [0.5, 0.6) is 0 Å². The molecule has 1 aromatic carbocycles. The maximum absolute atomic E-state index is 11.3. The molecular weight excluding hydrogens is 362 g/mol. The lowest BCUT2D eigenvalue weighted by atomic mass is 10.1. The fourth-order valence-corrected chi connectivity index (χ4v) is 3.40. The Balaban J connectivity index is 2.03. The minimum atomic E-state index is -2.96. The van der Waals surface area contributed by atoms with Crippen molar-refractivity contribution < 1.29 is 8.42 Å². The number of rotatable bonds is 9. The monoisotopic (exact) mass is 391 g/mol. The van der Waals surface area contributed by atoms with Crippen LogP contribution in [-0.4, -0.2) is 48.8 Å². The van der Waals surface area contributed by atoms with E-state index in [-0.39, 0.29) is 11.8 Å². The summed E-state index contributed by atoms with van der Waals surface area (Å²) in [7, 11) is -2.96. The highest BCUT2D eigenvalue weighted by Crippen LogP contribution is 2.11. The highest BCUT2D eigenvalue weighted by molar-refractivity contribution is 7.90. The van der Waals surface area contributed by atoms with Crippen LogP contribution in [0, 0.1) is 0 Å². The third kappa shape index (κ3) is 7.82. The van der Waals surface area contributed by atoms with Gasteiger partial charge in [0.25, 0.3) is 0 Å². The summed E-state index contributed by atoms with van der Waals surface area (Å²) < 4.78 is 24.6. The first-order valence-electron chi connectivity index (χ1n) is 9.14. The molecule has 8 heteroatoms. The topological polar surface area (TPSA) is 88.4 Å². The van der Waals surface area contributed by atoms with E-state index in [0.717, 1.165) is 12.1 Å². The highest BCUT2D eigenvalue weighted by Gasteiger charge is 2.10. The van der Waals surface area contributed by atoms with Crippen LogP contribution in [0.4, 0.5) is 0 Å². The van der Waals surface area contributed by atoms with Gasteiger partial charge < -0.3 is 10.6 Å². The van der Waals surface area contributed by atoms with Gasteiger partial charge in [-0.05, 0) is 37.5 Å². The normalized spacial score (nSPS) is 13.4. The zero-order valence-electron chi connectivity index (χ0n) is 16.2. The molecule has 0 aliphatic heterocycles. The van der Waals surface area contributed by atoms with E-state index in [4.69, 9.17) is 0 Å². The van der Waals surface area contributed by atoms with Gasteiger partial charge in [0.05, 0.1) is 18.8 Å². The summed E-state index contributed by atoms with van der Waals surface area (Å²) in [5, 5.41) is 10.8. The highest BCUT2D eigenvalue weighted by atomic mass is 32.2. The minimum Gasteiger partial charge on any atom is -0.357 e. The van der Waals surface area contributed by atoms with Crippen LogP contribution >= 0.6 is 0 Å². The number of guanidine groups is 1. The number of aromatic nitrogens is 2. The first-order valence-corrected chi connectivity index (χ1v) is 11.2. The molecule has 0 aliphatic carbocycles. The molecular formula is C19H29N5O2S. The molecule has 0 saturated heterocycles. The number of nitrogens with one attached hydrogen (secondary N) is 2. The van der Waals surface area contributed by atoms with Gasteiger partial charge >= 0.3 is 0 Å². The van der Waals surface area contributed by atoms with Crippen molar-refractivity contribution >= 4 is 15.8 Å². The predicted octanol–water partition coefficient (Wildman–Crippen LogP) is 1.81. The van der Waals surface area contributed by atoms with Crippen LogP contribution in [0.25, 0.3) is 0 Å². The zero-order valence-corrected chi connectivity index (χ0v) is 17.0. The second-order valence-electron chi connectivity index (χ2n) is 6.63. The van der Waals surface area contributed by atoms with Crippen LogP contribution in [0.2, 0.25) is 0 Å². The summed E-state index contributed by atoms with van der Waals surface area (Å²) in [6, 6.07) is 10.1. The summed E-state index contributed by atoms with van der Waals surface area (Å²) >= 11 is 0. The molecule has 148 valence electrons. The molecule has 0 spiro atoms. The van der Waals surface area contributed by atoms with Gasteiger partial charge in [0.2, 0.25) is 0 Å². The van der Waals surface area contributed by atoms with Gasteiger partial charge in [0.15, 0.2) is 5.96 Å². The van der Waals surface area contributed by atoms with Crippen molar-refractivity contribution in [2.75, 3.05) is 18.6 Å². The lowest BCUT2D eigenvalue weighted by Crippen LogP contribution is -2.42. The Bertz CT molecular complexity index is 832. The van der Waals surface area contributed by atoms with Gasteiger partial charge in [0.1, 0.15) is 9.84 Å². The van der Waals surface area contributed by atoms with E-state index in [0.29, 0.717) is 25.5 Å². The van der Waals surface area contributed by atoms with Crippen molar-refractivity contribution in [2.45, 2.75) is 39.4 Å². The second kappa shape index (κ2) is 10.1. The lowest BCUT2D eigenvalue weighted by molar-refractivity contribution is 0.581. The fraction of sp³-hybridized carbons (Fsp3) is 0.474.